The Balaban J connectivity index is 1.52. The maximum atomic E-state index is 12.5. The van der Waals surface area contributed by atoms with Crippen molar-refractivity contribution in [2.45, 2.75) is 50.0 Å². The smallest absolute Gasteiger partial charge is 0.250 e. The van der Waals surface area contributed by atoms with Gasteiger partial charge >= 0.3 is 0 Å². The summed E-state index contributed by atoms with van der Waals surface area (Å²) in [6.07, 6.45) is 7.88. The number of amides is 1. The molecule has 160 valence electrons. The molecule has 1 aliphatic rings. The fraction of sp³-hybridized carbons (Fsp3) is 0.333. The van der Waals surface area contributed by atoms with Crippen molar-refractivity contribution >= 4 is 45.0 Å². The lowest BCUT2D eigenvalue weighted by molar-refractivity contribution is -0.115. The number of thiocarbonyl (C=S) groups is 1. The molecule has 1 aliphatic carbocycles. The highest BCUT2D eigenvalue weighted by Crippen LogP contribution is 2.20. The van der Waals surface area contributed by atoms with Crippen LogP contribution in [0.2, 0.25) is 0 Å². The van der Waals surface area contributed by atoms with E-state index in [4.69, 9.17) is 16.6 Å². The topological polar surface area (TPSA) is 100 Å². The number of hydrogen-bond donors (Lipinski definition) is 3. The zero-order chi connectivity index (χ0) is 21.6. The van der Waals surface area contributed by atoms with Crippen molar-refractivity contribution in [3.63, 3.8) is 0 Å². The first-order chi connectivity index (χ1) is 14.3. The Bertz CT molecular complexity index is 1020. The summed E-state index contributed by atoms with van der Waals surface area (Å²) in [4.78, 5) is 12.1. The van der Waals surface area contributed by atoms with Gasteiger partial charge in [0, 0.05) is 17.8 Å². The fourth-order valence-electron chi connectivity index (χ4n) is 3.24. The summed E-state index contributed by atoms with van der Waals surface area (Å²) in [6, 6.07) is 9.80. The molecule has 3 rings (SSSR count). The van der Waals surface area contributed by atoms with Crippen molar-refractivity contribution in [3.8, 4) is 0 Å². The summed E-state index contributed by atoms with van der Waals surface area (Å²) < 4.78 is 33.2. The van der Waals surface area contributed by atoms with Crippen LogP contribution >= 0.6 is 12.2 Å². The van der Waals surface area contributed by atoms with Crippen LogP contribution in [0.15, 0.2) is 51.8 Å². The van der Waals surface area contributed by atoms with Crippen molar-refractivity contribution in [2.75, 3.05) is 5.32 Å². The molecule has 7 nitrogen and oxygen atoms in total. The molecular formula is C21H25N3O4S2. The summed E-state index contributed by atoms with van der Waals surface area (Å²) in [5, 5.41) is 5.50. The Kier molecular flexibility index (Phi) is 7.41. The highest BCUT2D eigenvalue weighted by molar-refractivity contribution is 7.89. The third kappa shape index (κ3) is 6.51. The highest BCUT2D eigenvalue weighted by atomic mass is 32.2. The summed E-state index contributed by atoms with van der Waals surface area (Å²) >= 11 is 5.13. The Labute approximate surface area is 182 Å². The molecule has 0 spiro atoms. The number of carbonyl (C=O) groups excluding carboxylic acids is 1. The summed E-state index contributed by atoms with van der Waals surface area (Å²) in [6.45, 7) is 1.82. The van der Waals surface area contributed by atoms with Crippen LogP contribution in [0.5, 0.6) is 0 Å². The second kappa shape index (κ2) is 10.0. The van der Waals surface area contributed by atoms with Gasteiger partial charge in [-0.15, -0.1) is 0 Å². The number of carbonyl (C=O) groups is 1. The number of sulfonamides is 1. The Morgan fingerprint density at radius 1 is 1.10 bits per heavy atom. The van der Waals surface area contributed by atoms with Gasteiger partial charge < -0.3 is 9.73 Å². The van der Waals surface area contributed by atoms with Gasteiger partial charge in [-0.25, -0.2) is 13.1 Å². The normalized spacial score (nSPS) is 15.2. The van der Waals surface area contributed by atoms with Crippen LogP contribution in [0.4, 0.5) is 5.69 Å². The summed E-state index contributed by atoms with van der Waals surface area (Å²) in [7, 11) is -3.55. The summed E-state index contributed by atoms with van der Waals surface area (Å²) in [5.74, 6) is 0.921. The minimum absolute atomic E-state index is 0.00230. The van der Waals surface area contributed by atoms with Gasteiger partial charge in [0.2, 0.25) is 15.9 Å². The lowest BCUT2D eigenvalue weighted by atomic mass is 9.96. The zero-order valence-electron chi connectivity index (χ0n) is 16.7. The lowest BCUT2D eigenvalue weighted by Gasteiger charge is -2.22. The SMILES string of the molecule is Cc1ccc(/C=C/C(=O)NC(=S)Nc2ccc(S(=O)(=O)NC3CCCCC3)cc2)o1. The van der Waals surface area contributed by atoms with E-state index in [1.165, 1.54) is 18.2 Å². The number of anilines is 1. The highest BCUT2D eigenvalue weighted by Gasteiger charge is 2.21. The van der Waals surface area contributed by atoms with Crippen LogP contribution in [0.1, 0.15) is 43.6 Å². The van der Waals surface area contributed by atoms with Gasteiger partial charge in [-0.3, -0.25) is 10.1 Å². The Morgan fingerprint density at radius 2 is 1.80 bits per heavy atom. The monoisotopic (exact) mass is 447 g/mol. The van der Waals surface area contributed by atoms with Crippen LogP contribution in [-0.2, 0) is 14.8 Å². The number of nitrogens with one attached hydrogen (secondary N) is 3. The van der Waals surface area contributed by atoms with E-state index in [0.29, 0.717) is 11.4 Å². The Morgan fingerprint density at radius 3 is 2.43 bits per heavy atom. The molecule has 0 saturated heterocycles. The molecule has 1 amide bonds. The molecule has 1 aromatic heterocycles. The van der Waals surface area contributed by atoms with Gasteiger partial charge in [0.1, 0.15) is 11.5 Å². The number of furan rings is 1. The predicted octanol–water partition coefficient (Wildman–Crippen LogP) is 3.73. The lowest BCUT2D eigenvalue weighted by Crippen LogP contribution is -2.36. The molecule has 9 heteroatoms. The van der Waals surface area contributed by atoms with E-state index in [1.807, 2.05) is 6.92 Å². The van der Waals surface area contributed by atoms with Gasteiger partial charge in [0.05, 0.1) is 4.90 Å². The van der Waals surface area contributed by atoms with E-state index in [9.17, 15) is 13.2 Å². The average Bonchev–Trinajstić information content (AvgIpc) is 3.12. The number of rotatable bonds is 6. The second-order valence-corrected chi connectivity index (χ2v) is 9.33. The third-order valence-electron chi connectivity index (χ3n) is 4.75. The zero-order valence-corrected chi connectivity index (χ0v) is 18.3. The molecule has 30 heavy (non-hydrogen) atoms. The van der Waals surface area contributed by atoms with Crippen molar-refractivity contribution in [2.24, 2.45) is 0 Å². The van der Waals surface area contributed by atoms with E-state index < -0.39 is 15.9 Å². The molecule has 0 unspecified atom stereocenters. The van der Waals surface area contributed by atoms with Gasteiger partial charge in [0.25, 0.3) is 0 Å². The second-order valence-electron chi connectivity index (χ2n) is 7.21. The molecule has 1 saturated carbocycles. The van der Waals surface area contributed by atoms with Gasteiger partial charge in [-0.1, -0.05) is 19.3 Å². The molecule has 1 fully saturated rings. The molecule has 3 N–H and O–H groups in total. The van der Waals surface area contributed by atoms with Gasteiger partial charge in [0.15, 0.2) is 5.11 Å². The molecule has 0 atom stereocenters. The minimum Gasteiger partial charge on any atom is -0.462 e. The third-order valence-corrected chi connectivity index (χ3v) is 6.49. The van der Waals surface area contributed by atoms with Crippen LogP contribution in [0.3, 0.4) is 0 Å². The molecule has 0 bridgehead atoms. The van der Waals surface area contributed by atoms with Crippen LogP contribution in [0, 0.1) is 6.92 Å². The van der Waals surface area contributed by atoms with E-state index in [-0.39, 0.29) is 16.0 Å². The maximum absolute atomic E-state index is 12.5. The summed E-state index contributed by atoms with van der Waals surface area (Å²) in [5.41, 5.74) is 0.572. The van der Waals surface area contributed by atoms with Crippen LogP contribution < -0.4 is 15.4 Å². The number of hydrogen-bond acceptors (Lipinski definition) is 5. The van der Waals surface area contributed by atoms with E-state index in [0.717, 1.165) is 37.9 Å². The van der Waals surface area contributed by atoms with Crippen molar-refractivity contribution in [3.05, 3.63) is 54.0 Å². The van der Waals surface area contributed by atoms with Crippen molar-refractivity contribution < 1.29 is 17.6 Å². The molecule has 1 heterocycles. The first-order valence-corrected chi connectivity index (χ1v) is 11.7. The number of benzene rings is 1. The van der Waals surface area contributed by atoms with E-state index >= 15 is 0 Å². The Hall–Kier alpha value is -2.49. The first-order valence-electron chi connectivity index (χ1n) is 9.81. The molecule has 2 aromatic rings. The molecule has 1 aromatic carbocycles. The molecular weight excluding hydrogens is 422 g/mol. The van der Waals surface area contributed by atoms with Crippen molar-refractivity contribution in [1.29, 1.82) is 0 Å². The van der Waals surface area contributed by atoms with E-state index in [1.54, 1.807) is 30.3 Å². The number of aryl methyl sites for hydroxylation is 1. The predicted molar refractivity (Wildman–Crippen MR) is 120 cm³/mol. The standard InChI is InChI=1S/C21H25N3O4S2/c1-15-7-10-18(28-15)11-14-20(25)23-21(29)22-16-8-12-19(13-9-16)30(26,27)24-17-5-3-2-4-6-17/h7-14,17,24H,2-6H2,1H3,(H2,22,23,25,29)/b14-11+. The van der Waals surface area contributed by atoms with Crippen LogP contribution in [-0.4, -0.2) is 25.5 Å². The first kappa shape index (κ1) is 22.2. The largest absolute Gasteiger partial charge is 0.462 e. The van der Waals surface area contributed by atoms with Crippen LogP contribution in [0.25, 0.3) is 6.08 Å². The van der Waals surface area contributed by atoms with E-state index in [2.05, 4.69) is 15.4 Å². The average molecular weight is 448 g/mol. The molecule has 0 aliphatic heterocycles. The fourth-order valence-corrected chi connectivity index (χ4v) is 4.77. The van der Waals surface area contributed by atoms with Gasteiger partial charge in [-0.2, -0.15) is 0 Å². The van der Waals surface area contributed by atoms with Crippen molar-refractivity contribution in [1.82, 2.24) is 10.0 Å². The maximum Gasteiger partial charge on any atom is 0.250 e. The minimum atomic E-state index is -3.55. The molecule has 0 radical (unpaired) electrons. The van der Waals surface area contributed by atoms with Gasteiger partial charge in [-0.05, 0) is 74.5 Å². The quantitative estimate of drug-likeness (QED) is 0.461.